The van der Waals surface area contributed by atoms with Gasteiger partial charge in [-0.1, -0.05) is 25.5 Å². The molecule has 2 heteroatoms. The lowest BCUT2D eigenvalue weighted by atomic mass is 9.82. The number of aliphatic carboxylic acids is 1. The smallest absolute Gasteiger partial charge is 0.306 e. The summed E-state index contributed by atoms with van der Waals surface area (Å²) in [5.74, 6) is -0.337. The highest BCUT2D eigenvalue weighted by molar-refractivity contribution is 5.70. The molecule has 1 aliphatic rings. The van der Waals surface area contributed by atoms with E-state index in [9.17, 15) is 4.79 Å². The maximum absolute atomic E-state index is 10.7. The van der Waals surface area contributed by atoms with Crippen molar-refractivity contribution in [2.75, 3.05) is 0 Å². The standard InChI is InChI=1S/C10H16O2/c1-3-8-4-7(2)5-9(6-8)10(11)12/h4,7,9H,3,5-6H2,1-2H3,(H,11,12). The first-order valence-corrected chi connectivity index (χ1v) is 4.55. The van der Waals surface area contributed by atoms with Gasteiger partial charge in [0.05, 0.1) is 5.92 Å². The van der Waals surface area contributed by atoms with Crippen LogP contribution in [0.4, 0.5) is 0 Å². The SMILES string of the molecule is CCC1=CC(C)CC(C(=O)O)C1. The van der Waals surface area contributed by atoms with Gasteiger partial charge < -0.3 is 5.11 Å². The summed E-state index contributed by atoms with van der Waals surface area (Å²) in [6.45, 7) is 4.17. The van der Waals surface area contributed by atoms with Crippen LogP contribution in [0.1, 0.15) is 33.1 Å². The van der Waals surface area contributed by atoms with Gasteiger partial charge >= 0.3 is 5.97 Å². The summed E-state index contributed by atoms with van der Waals surface area (Å²) in [7, 11) is 0. The van der Waals surface area contributed by atoms with Crippen molar-refractivity contribution in [2.45, 2.75) is 33.1 Å². The second-order valence-electron chi connectivity index (χ2n) is 3.63. The van der Waals surface area contributed by atoms with Gasteiger partial charge in [-0.3, -0.25) is 4.79 Å². The number of hydrogen-bond acceptors (Lipinski definition) is 1. The minimum absolute atomic E-state index is 0.139. The molecule has 1 rings (SSSR count). The molecule has 0 saturated heterocycles. The second-order valence-corrected chi connectivity index (χ2v) is 3.63. The van der Waals surface area contributed by atoms with Gasteiger partial charge in [0.15, 0.2) is 0 Å². The van der Waals surface area contributed by atoms with Crippen LogP contribution in [0.15, 0.2) is 11.6 Å². The van der Waals surface area contributed by atoms with E-state index in [0.717, 1.165) is 19.3 Å². The summed E-state index contributed by atoms with van der Waals surface area (Å²) in [6, 6.07) is 0. The summed E-state index contributed by atoms with van der Waals surface area (Å²) in [6.07, 6.45) is 4.78. The van der Waals surface area contributed by atoms with Crippen molar-refractivity contribution < 1.29 is 9.90 Å². The van der Waals surface area contributed by atoms with Gasteiger partial charge in [0, 0.05) is 0 Å². The van der Waals surface area contributed by atoms with E-state index in [2.05, 4.69) is 19.9 Å². The average molecular weight is 168 g/mol. The van der Waals surface area contributed by atoms with E-state index >= 15 is 0 Å². The summed E-state index contributed by atoms with van der Waals surface area (Å²) >= 11 is 0. The Hall–Kier alpha value is -0.790. The van der Waals surface area contributed by atoms with Crippen LogP contribution in [0.25, 0.3) is 0 Å². The summed E-state index contributed by atoms with van der Waals surface area (Å²) < 4.78 is 0. The molecule has 0 bridgehead atoms. The van der Waals surface area contributed by atoms with Crippen molar-refractivity contribution in [3.8, 4) is 0 Å². The largest absolute Gasteiger partial charge is 0.481 e. The monoisotopic (exact) mass is 168 g/mol. The third kappa shape index (κ3) is 2.10. The lowest BCUT2D eigenvalue weighted by molar-refractivity contribution is -0.142. The van der Waals surface area contributed by atoms with E-state index in [1.807, 2.05) is 0 Å². The van der Waals surface area contributed by atoms with Gasteiger partial charge in [-0.2, -0.15) is 0 Å². The fourth-order valence-electron chi connectivity index (χ4n) is 1.84. The minimum atomic E-state index is -0.638. The zero-order valence-corrected chi connectivity index (χ0v) is 7.71. The van der Waals surface area contributed by atoms with Crippen LogP contribution in [0.2, 0.25) is 0 Å². The predicted molar refractivity (Wildman–Crippen MR) is 47.9 cm³/mol. The van der Waals surface area contributed by atoms with Crippen LogP contribution in [0.5, 0.6) is 0 Å². The summed E-state index contributed by atoms with van der Waals surface area (Å²) in [5, 5.41) is 8.84. The minimum Gasteiger partial charge on any atom is -0.481 e. The first-order valence-electron chi connectivity index (χ1n) is 4.55. The molecule has 0 aromatic heterocycles. The zero-order valence-electron chi connectivity index (χ0n) is 7.71. The number of rotatable bonds is 2. The fourth-order valence-corrected chi connectivity index (χ4v) is 1.84. The van der Waals surface area contributed by atoms with Gasteiger partial charge in [-0.15, -0.1) is 0 Å². The maximum atomic E-state index is 10.7. The van der Waals surface area contributed by atoms with Gasteiger partial charge in [-0.25, -0.2) is 0 Å². The lowest BCUT2D eigenvalue weighted by Gasteiger charge is -2.22. The van der Waals surface area contributed by atoms with E-state index in [-0.39, 0.29) is 5.92 Å². The van der Waals surface area contributed by atoms with E-state index in [0.29, 0.717) is 5.92 Å². The first kappa shape index (κ1) is 9.30. The Morgan fingerprint density at radius 2 is 2.42 bits per heavy atom. The topological polar surface area (TPSA) is 37.3 Å². The number of carbonyl (C=O) groups is 1. The average Bonchev–Trinajstić information content (AvgIpc) is 2.03. The normalized spacial score (nSPS) is 29.7. The molecule has 0 heterocycles. The molecular formula is C10H16O2. The van der Waals surface area contributed by atoms with Crippen molar-refractivity contribution in [1.82, 2.24) is 0 Å². The van der Waals surface area contributed by atoms with Gasteiger partial charge in [0.25, 0.3) is 0 Å². The molecule has 68 valence electrons. The van der Waals surface area contributed by atoms with Crippen molar-refractivity contribution in [3.05, 3.63) is 11.6 Å². The third-order valence-corrected chi connectivity index (χ3v) is 2.49. The Kier molecular flexibility index (Phi) is 2.90. The molecule has 0 radical (unpaired) electrons. The van der Waals surface area contributed by atoms with E-state index in [4.69, 9.17) is 5.11 Å². The van der Waals surface area contributed by atoms with Crippen molar-refractivity contribution in [3.63, 3.8) is 0 Å². The van der Waals surface area contributed by atoms with Gasteiger partial charge in [0.1, 0.15) is 0 Å². The molecule has 1 N–H and O–H groups in total. The van der Waals surface area contributed by atoms with Crippen LogP contribution in [-0.2, 0) is 4.79 Å². The molecule has 0 aliphatic heterocycles. The molecular weight excluding hydrogens is 152 g/mol. The van der Waals surface area contributed by atoms with Gasteiger partial charge in [-0.05, 0) is 25.2 Å². The van der Waals surface area contributed by atoms with Crippen molar-refractivity contribution in [1.29, 1.82) is 0 Å². The van der Waals surface area contributed by atoms with Crippen molar-refractivity contribution in [2.24, 2.45) is 11.8 Å². The van der Waals surface area contributed by atoms with Crippen LogP contribution >= 0.6 is 0 Å². The molecule has 1 aliphatic carbocycles. The molecule has 2 unspecified atom stereocenters. The Morgan fingerprint density at radius 3 is 2.92 bits per heavy atom. The van der Waals surface area contributed by atoms with Crippen LogP contribution in [0.3, 0.4) is 0 Å². The molecule has 12 heavy (non-hydrogen) atoms. The predicted octanol–water partition coefficient (Wildman–Crippen LogP) is 2.45. The van der Waals surface area contributed by atoms with E-state index in [1.54, 1.807) is 0 Å². The van der Waals surface area contributed by atoms with Gasteiger partial charge in [0.2, 0.25) is 0 Å². The zero-order chi connectivity index (χ0) is 9.14. The molecule has 0 amide bonds. The summed E-state index contributed by atoms with van der Waals surface area (Å²) in [4.78, 5) is 10.7. The number of carboxylic acid groups (broad SMARTS) is 1. The number of hydrogen-bond donors (Lipinski definition) is 1. The molecule has 2 atom stereocenters. The number of carboxylic acids is 1. The molecule has 0 spiro atoms. The van der Waals surface area contributed by atoms with Crippen LogP contribution in [0, 0.1) is 11.8 Å². The first-order chi connectivity index (χ1) is 5.63. The number of allylic oxidation sites excluding steroid dienone is 2. The highest BCUT2D eigenvalue weighted by atomic mass is 16.4. The molecule has 0 aromatic rings. The molecule has 0 aromatic carbocycles. The van der Waals surface area contributed by atoms with Crippen molar-refractivity contribution >= 4 is 5.97 Å². The lowest BCUT2D eigenvalue weighted by Crippen LogP contribution is -2.20. The van der Waals surface area contributed by atoms with E-state index in [1.165, 1.54) is 5.57 Å². The Morgan fingerprint density at radius 1 is 1.75 bits per heavy atom. The quantitative estimate of drug-likeness (QED) is 0.643. The third-order valence-electron chi connectivity index (χ3n) is 2.49. The Labute approximate surface area is 73.3 Å². The highest BCUT2D eigenvalue weighted by Crippen LogP contribution is 2.29. The van der Waals surface area contributed by atoms with Crippen LogP contribution in [-0.4, -0.2) is 11.1 Å². The fraction of sp³-hybridized carbons (Fsp3) is 0.700. The maximum Gasteiger partial charge on any atom is 0.306 e. The molecule has 0 saturated carbocycles. The molecule has 2 nitrogen and oxygen atoms in total. The second kappa shape index (κ2) is 3.74. The summed E-state index contributed by atoms with van der Waals surface area (Å²) in [5.41, 5.74) is 1.31. The van der Waals surface area contributed by atoms with E-state index < -0.39 is 5.97 Å². The Bertz CT molecular complexity index is 206. The Balaban J connectivity index is 2.65. The molecule has 0 fully saturated rings. The van der Waals surface area contributed by atoms with Crippen LogP contribution < -0.4 is 0 Å². The highest BCUT2D eigenvalue weighted by Gasteiger charge is 2.24.